The first kappa shape index (κ1) is 18.2. The van der Waals surface area contributed by atoms with E-state index < -0.39 is 5.91 Å². The molecule has 2 amide bonds. The molecule has 0 heterocycles. The molecule has 6 heteroatoms. The Morgan fingerprint density at radius 1 is 1.13 bits per heavy atom. The van der Waals surface area contributed by atoms with Crippen molar-refractivity contribution in [2.24, 2.45) is 16.5 Å². The predicted octanol–water partition coefficient (Wildman–Crippen LogP) is 1.37. The molecule has 5 N–H and O–H groups in total. The summed E-state index contributed by atoms with van der Waals surface area (Å²) in [6.07, 6.45) is 0. The minimum atomic E-state index is -0.622. The van der Waals surface area contributed by atoms with Gasteiger partial charge >= 0.3 is 0 Å². The predicted molar refractivity (Wildman–Crippen MR) is 92.5 cm³/mol. The molecule has 1 rings (SSSR count). The molecule has 122 valence electrons. The summed E-state index contributed by atoms with van der Waals surface area (Å²) >= 11 is 0. The molecule has 0 saturated heterocycles. The first-order chi connectivity index (χ1) is 10.7. The lowest BCUT2D eigenvalue weighted by Gasteiger charge is -2.11. The number of carbonyl (C=O) groups excluding carboxylic acids is 2. The van der Waals surface area contributed by atoms with Crippen LogP contribution in [0.25, 0.3) is 0 Å². The topological polar surface area (TPSA) is 111 Å². The third-order valence-electron chi connectivity index (χ3n) is 2.89. The summed E-state index contributed by atoms with van der Waals surface area (Å²) in [5.41, 5.74) is 13.8. The van der Waals surface area contributed by atoms with Crippen LogP contribution in [-0.2, 0) is 0 Å². The van der Waals surface area contributed by atoms with Gasteiger partial charge in [0.25, 0.3) is 5.91 Å². The number of nitrogens with one attached hydrogen (secondary N) is 1. The number of aliphatic imine (C=N–C) groups is 1. The van der Waals surface area contributed by atoms with Crippen LogP contribution in [0.3, 0.4) is 0 Å². The molecule has 1 aromatic rings. The van der Waals surface area contributed by atoms with Crippen LogP contribution < -0.4 is 16.8 Å². The lowest BCUT2D eigenvalue weighted by Crippen LogP contribution is -2.29. The quantitative estimate of drug-likeness (QED) is 0.401. The van der Waals surface area contributed by atoms with Crippen molar-refractivity contribution < 1.29 is 9.59 Å². The molecule has 0 aliphatic heterocycles. The van der Waals surface area contributed by atoms with Gasteiger partial charge in [-0.1, -0.05) is 24.3 Å². The Balaban J connectivity index is 3.25. The largest absolute Gasteiger partial charge is 0.383 e. The van der Waals surface area contributed by atoms with Gasteiger partial charge in [0.1, 0.15) is 5.84 Å². The molecule has 1 aromatic carbocycles. The van der Waals surface area contributed by atoms with Gasteiger partial charge in [0.15, 0.2) is 0 Å². The van der Waals surface area contributed by atoms with Crippen LogP contribution in [0.15, 0.2) is 47.5 Å². The molecule has 0 saturated carbocycles. The monoisotopic (exact) mass is 314 g/mol. The SMILES string of the molecule is C=C(C)CN=C(N)c1ccc(C(N)=O)cc1C(=O)NCC(=C)C. The van der Waals surface area contributed by atoms with E-state index in [-0.39, 0.29) is 22.9 Å². The van der Waals surface area contributed by atoms with Crippen molar-refractivity contribution in [1.82, 2.24) is 5.32 Å². The molecular formula is C17H22N4O2. The average molecular weight is 314 g/mol. The first-order valence-corrected chi connectivity index (χ1v) is 7.03. The Labute approximate surface area is 136 Å². The van der Waals surface area contributed by atoms with Crippen molar-refractivity contribution in [3.05, 3.63) is 59.2 Å². The molecule has 6 nitrogen and oxygen atoms in total. The third kappa shape index (κ3) is 5.43. The number of nitrogens with two attached hydrogens (primary N) is 2. The average Bonchev–Trinajstić information content (AvgIpc) is 2.49. The zero-order chi connectivity index (χ0) is 17.6. The molecule has 0 fully saturated rings. The Bertz CT molecular complexity index is 690. The second kappa shape index (κ2) is 7.93. The highest BCUT2D eigenvalue weighted by molar-refractivity contribution is 6.10. The van der Waals surface area contributed by atoms with Crippen molar-refractivity contribution >= 4 is 17.6 Å². The molecule has 0 aliphatic carbocycles. The number of benzene rings is 1. The van der Waals surface area contributed by atoms with E-state index in [4.69, 9.17) is 11.5 Å². The molecule has 0 spiro atoms. The van der Waals surface area contributed by atoms with E-state index in [1.165, 1.54) is 12.1 Å². The molecular weight excluding hydrogens is 292 g/mol. The number of carbonyl (C=O) groups is 2. The second-order valence-corrected chi connectivity index (χ2v) is 5.42. The Kier molecular flexibility index (Phi) is 6.26. The summed E-state index contributed by atoms with van der Waals surface area (Å²) in [5, 5.41) is 2.71. The van der Waals surface area contributed by atoms with Gasteiger partial charge < -0.3 is 16.8 Å². The summed E-state index contributed by atoms with van der Waals surface area (Å²) in [5.74, 6) is -0.799. The highest BCUT2D eigenvalue weighted by Gasteiger charge is 2.16. The number of amidine groups is 1. The second-order valence-electron chi connectivity index (χ2n) is 5.42. The summed E-state index contributed by atoms with van der Waals surface area (Å²) < 4.78 is 0. The first-order valence-electron chi connectivity index (χ1n) is 7.03. The van der Waals surface area contributed by atoms with Gasteiger partial charge in [-0.2, -0.15) is 0 Å². The minimum Gasteiger partial charge on any atom is -0.383 e. The smallest absolute Gasteiger partial charge is 0.252 e. The van der Waals surface area contributed by atoms with E-state index >= 15 is 0 Å². The van der Waals surface area contributed by atoms with E-state index in [1.54, 1.807) is 13.0 Å². The zero-order valence-electron chi connectivity index (χ0n) is 13.5. The maximum absolute atomic E-state index is 12.4. The van der Waals surface area contributed by atoms with Crippen molar-refractivity contribution in [2.75, 3.05) is 13.1 Å². The fraction of sp³-hybridized carbons (Fsp3) is 0.235. The number of hydrogen-bond acceptors (Lipinski definition) is 3. The highest BCUT2D eigenvalue weighted by Crippen LogP contribution is 2.13. The van der Waals surface area contributed by atoms with Crippen LogP contribution in [0, 0.1) is 0 Å². The lowest BCUT2D eigenvalue weighted by atomic mass is 10.0. The van der Waals surface area contributed by atoms with Crippen LogP contribution in [0.5, 0.6) is 0 Å². The van der Waals surface area contributed by atoms with Gasteiger partial charge in [0.2, 0.25) is 5.91 Å². The van der Waals surface area contributed by atoms with Gasteiger partial charge in [-0.25, -0.2) is 0 Å². The molecule has 0 atom stereocenters. The number of rotatable bonds is 7. The van der Waals surface area contributed by atoms with Crippen LogP contribution in [0.4, 0.5) is 0 Å². The van der Waals surface area contributed by atoms with Crippen LogP contribution in [-0.4, -0.2) is 30.7 Å². The van der Waals surface area contributed by atoms with Gasteiger partial charge in [-0.05, 0) is 32.0 Å². The Morgan fingerprint density at radius 3 is 2.30 bits per heavy atom. The summed E-state index contributed by atoms with van der Waals surface area (Å²) in [4.78, 5) is 27.9. The van der Waals surface area contributed by atoms with Gasteiger partial charge in [0, 0.05) is 17.7 Å². The van der Waals surface area contributed by atoms with Gasteiger partial charge in [-0.3, -0.25) is 14.6 Å². The minimum absolute atomic E-state index is 0.199. The highest BCUT2D eigenvalue weighted by atomic mass is 16.2. The summed E-state index contributed by atoms with van der Waals surface area (Å²) in [7, 11) is 0. The number of primary amides is 1. The van der Waals surface area contributed by atoms with Gasteiger partial charge in [0.05, 0.1) is 12.1 Å². The van der Waals surface area contributed by atoms with Crippen LogP contribution >= 0.6 is 0 Å². The van der Waals surface area contributed by atoms with E-state index in [9.17, 15) is 9.59 Å². The Morgan fingerprint density at radius 2 is 1.78 bits per heavy atom. The maximum Gasteiger partial charge on any atom is 0.252 e. The molecule has 0 aromatic heterocycles. The third-order valence-corrected chi connectivity index (χ3v) is 2.89. The Hall–Kier alpha value is -2.89. The van der Waals surface area contributed by atoms with Gasteiger partial charge in [-0.15, -0.1) is 0 Å². The van der Waals surface area contributed by atoms with Crippen molar-refractivity contribution in [1.29, 1.82) is 0 Å². The fourth-order valence-electron chi connectivity index (χ4n) is 1.74. The van der Waals surface area contributed by atoms with E-state index in [1.807, 2.05) is 6.92 Å². The van der Waals surface area contributed by atoms with Crippen molar-refractivity contribution in [2.45, 2.75) is 13.8 Å². The molecule has 0 unspecified atom stereocenters. The summed E-state index contributed by atoms with van der Waals surface area (Å²) in [6.45, 7) is 11.8. The molecule has 0 aliphatic rings. The standard InChI is InChI=1S/C17H22N4O2/c1-10(2)8-20-15(18)13-6-5-12(16(19)22)7-14(13)17(23)21-9-11(3)4/h5-7H,1,3,8-9H2,2,4H3,(H2,18,20)(H2,19,22)(H,21,23). The van der Waals surface area contributed by atoms with E-state index in [0.717, 1.165) is 11.1 Å². The van der Waals surface area contributed by atoms with Crippen molar-refractivity contribution in [3.63, 3.8) is 0 Å². The number of amides is 2. The summed E-state index contributed by atoms with van der Waals surface area (Å²) in [6, 6.07) is 4.48. The number of nitrogens with zero attached hydrogens (tertiary/aromatic N) is 1. The van der Waals surface area contributed by atoms with Crippen LogP contribution in [0.1, 0.15) is 40.1 Å². The number of hydrogen-bond donors (Lipinski definition) is 3. The normalized spacial score (nSPS) is 11.0. The maximum atomic E-state index is 12.4. The molecule has 0 bridgehead atoms. The fourth-order valence-corrected chi connectivity index (χ4v) is 1.74. The van der Waals surface area contributed by atoms with Crippen LogP contribution in [0.2, 0.25) is 0 Å². The van der Waals surface area contributed by atoms with E-state index in [2.05, 4.69) is 23.5 Å². The molecule has 23 heavy (non-hydrogen) atoms. The van der Waals surface area contributed by atoms with E-state index in [0.29, 0.717) is 18.7 Å². The lowest BCUT2D eigenvalue weighted by molar-refractivity contribution is 0.0957. The molecule has 0 radical (unpaired) electrons. The van der Waals surface area contributed by atoms with Crippen molar-refractivity contribution in [3.8, 4) is 0 Å². The zero-order valence-corrected chi connectivity index (χ0v) is 13.5.